The zero-order chi connectivity index (χ0) is 18.5. The Morgan fingerprint density at radius 1 is 1.31 bits per heavy atom. The lowest BCUT2D eigenvalue weighted by Crippen LogP contribution is -2.28. The molecule has 1 unspecified atom stereocenters. The third kappa shape index (κ3) is 4.26. The van der Waals surface area contributed by atoms with E-state index in [4.69, 9.17) is 9.15 Å². The summed E-state index contributed by atoms with van der Waals surface area (Å²) in [5.41, 5.74) is 0.901. The van der Waals surface area contributed by atoms with Gasteiger partial charge in [0.2, 0.25) is 5.91 Å². The number of benzene rings is 1. The topological polar surface area (TPSA) is 82.2 Å². The molecule has 0 aliphatic heterocycles. The Bertz CT molecular complexity index is 873. The van der Waals surface area contributed by atoms with Gasteiger partial charge in [-0.2, -0.15) is 0 Å². The molecule has 1 aromatic carbocycles. The fourth-order valence-corrected chi connectivity index (χ4v) is 3.15. The van der Waals surface area contributed by atoms with Gasteiger partial charge in [0.25, 0.3) is 0 Å². The second-order valence-corrected chi connectivity index (χ2v) is 6.65. The van der Waals surface area contributed by atoms with Crippen molar-refractivity contribution in [3.05, 3.63) is 54.2 Å². The first kappa shape index (κ1) is 18.1. The van der Waals surface area contributed by atoms with Crippen LogP contribution in [0.3, 0.4) is 0 Å². The predicted octanol–water partition coefficient (Wildman–Crippen LogP) is 3.15. The molecule has 0 bridgehead atoms. The number of nitrogens with one attached hydrogen (secondary N) is 1. The maximum absolute atomic E-state index is 12.2. The molecule has 26 heavy (non-hydrogen) atoms. The van der Waals surface area contributed by atoms with E-state index in [1.165, 1.54) is 11.8 Å². The van der Waals surface area contributed by atoms with Crippen LogP contribution in [0, 0.1) is 6.92 Å². The Morgan fingerprint density at radius 2 is 2.08 bits per heavy atom. The van der Waals surface area contributed by atoms with E-state index in [9.17, 15) is 4.79 Å². The lowest BCUT2D eigenvalue weighted by atomic mass is 10.2. The molecule has 8 heteroatoms. The van der Waals surface area contributed by atoms with Crippen LogP contribution in [-0.4, -0.2) is 33.5 Å². The maximum atomic E-state index is 12.2. The summed E-state index contributed by atoms with van der Waals surface area (Å²) in [5.74, 6) is 2.47. The number of hydrogen-bond acceptors (Lipinski definition) is 6. The quantitative estimate of drug-likeness (QED) is 0.642. The number of methoxy groups -OCH3 is 1. The zero-order valence-electron chi connectivity index (χ0n) is 14.8. The van der Waals surface area contributed by atoms with Gasteiger partial charge in [0.15, 0.2) is 5.16 Å². The smallest absolute Gasteiger partial charge is 0.231 e. The molecule has 2 aromatic heterocycles. The van der Waals surface area contributed by atoms with Gasteiger partial charge in [0.05, 0.1) is 18.9 Å². The van der Waals surface area contributed by atoms with Gasteiger partial charge < -0.3 is 14.5 Å². The first-order valence-electron chi connectivity index (χ1n) is 8.10. The van der Waals surface area contributed by atoms with Crippen molar-refractivity contribution < 1.29 is 13.9 Å². The van der Waals surface area contributed by atoms with Crippen molar-refractivity contribution in [3.63, 3.8) is 0 Å². The highest BCUT2D eigenvalue weighted by molar-refractivity contribution is 7.99. The Labute approximate surface area is 155 Å². The van der Waals surface area contributed by atoms with Crippen LogP contribution < -0.4 is 10.1 Å². The molecular formula is C18H20N4O3S. The highest BCUT2D eigenvalue weighted by atomic mass is 32.2. The van der Waals surface area contributed by atoms with E-state index < -0.39 is 0 Å². The number of aryl methyl sites for hydroxylation is 1. The van der Waals surface area contributed by atoms with Gasteiger partial charge in [0, 0.05) is 5.69 Å². The fraction of sp³-hybridized carbons (Fsp3) is 0.278. The molecular weight excluding hydrogens is 352 g/mol. The Kier molecular flexibility index (Phi) is 5.62. The minimum Gasteiger partial charge on any atom is -0.497 e. The molecule has 7 nitrogen and oxygen atoms in total. The minimum absolute atomic E-state index is 0.0965. The van der Waals surface area contributed by atoms with E-state index in [0.29, 0.717) is 5.16 Å². The van der Waals surface area contributed by atoms with E-state index in [-0.39, 0.29) is 17.7 Å². The summed E-state index contributed by atoms with van der Waals surface area (Å²) in [5, 5.41) is 11.6. The van der Waals surface area contributed by atoms with Gasteiger partial charge in [-0.15, -0.1) is 10.2 Å². The van der Waals surface area contributed by atoms with Crippen molar-refractivity contribution in [2.45, 2.75) is 25.0 Å². The van der Waals surface area contributed by atoms with Gasteiger partial charge in [0.1, 0.15) is 23.6 Å². The molecule has 0 fully saturated rings. The zero-order valence-corrected chi connectivity index (χ0v) is 15.6. The molecule has 0 saturated heterocycles. The molecule has 0 radical (unpaired) electrons. The van der Waals surface area contributed by atoms with E-state index in [1.807, 2.05) is 54.8 Å². The summed E-state index contributed by atoms with van der Waals surface area (Å²) >= 11 is 1.32. The number of aromatic nitrogens is 3. The van der Waals surface area contributed by atoms with Gasteiger partial charge >= 0.3 is 0 Å². The van der Waals surface area contributed by atoms with Gasteiger partial charge in [-0.1, -0.05) is 11.8 Å². The number of thioether (sulfide) groups is 1. The van der Waals surface area contributed by atoms with E-state index in [0.717, 1.165) is 23.0 Å². The second-order valence-electron chi connectivity index (χ2n) is 5.71. The van der Waals surface area contributed by atoms with Crippen molar-refractivity contribution in [2.24, 2.45) is 0 Å². The average molecular weight is 372 g/mol. The third-order valence-corrected chi connectivity index (χ3v) is 4.71. The lowest BCUT2D eigenvalue weighted by Gasteiger charge is -2.11. The Morgan fingerprint density at radius 3 is 2.73 bits per heavy atom. The number of ether oxygens (including phenoxy) is 1. The van der Waals surface area contributed by atoms with Crippen molar-refractivity contribution >= 4 is 17.7 Å². The summed E-state index contributed by atoms with van der Waals surface area (Å²) < 4.78 is 12.5. The average Bonchev–Trinajstić information content (AvgIpc) is 3.29. The number of hydrogen-bond donors (Lipinski definition) is 1. The number of rotatable bonds is 7. The molecule has 0 aliphatic rings. The number of furan rings is 1. The van der Waals surface area contributed by atoms with Crippen LogP contribution in [0.4, 0.5) is 0 Å². The molecule has 3 rings (SSSR count). The number of carbonyl (C=O) groups excluding carboxylic acids is 1. The molecule has 1 amide bonds. The van der Waals surface area contributed by atoms with E-state index in [2.05, 4.69) is 15.5 Å². The van der Waals surface area contributed by atoms with Gasteiger partial charge in [-0.25, -0.2) is 0 Å². The molecule has 1 N–H and O–H groups in total. The van der Waals surface area contributed by atoms with Crippen molar-refractivity contribution in [3.8, 4) is 11.4 Å². The van der Waals surface area contributed by atoms with Crippen LogP contribution in [0.25, 0.3) is 5.69 Å². The van der Waals surface area contributed by atoms with Gasteiger partial charge in [-0.05, 0) is 50.2 Å². The fourth-order valence-electron chi connectivity index (χ4n) is 2.41. The summed E-state index contributed by atoms with van der Waals surface area (Å²) in [7, 11) is 1.62. The van der Waals surface area contributed by atoms with E-state index >= 15 is 0 Å². The molecule has 3 aromatic rings. The molecule has 1 atom stereocenters. The van der Waals surface area contributed by atoms with Crippen LogP contribution in [0.5, 0.6) is 5.75 Å². The van der Waals surface area contributed by atoms with Crippen LogP contribution in [0.2, 0.25) is 0 Å². The SMILES string of the molecule is COc1ccc(-n2cnnc2SCC(=O)NC(C)c2ccc(C)o2)cc1. The first-order chi connectivity index (χ1) is 12.6. The van der Waals surface area contributed by atoms with Crippen LogP contribution in [-0.2, 0) is 4.79 Å². The minimum atomic E-state index is -0.184. The first-order valence-corrected chi connectivity index (χ1v) is 9.08. The van der Waals surface area contributed by atoms with Crippen molar-refractivity contribution in [1.29, 1.82) is 0 Å². The molecule has 2 heterocycles. The molecule has 0 saturated carbocycles. The largest absolute Gasteiger partial charge is 0.497 e. The summed E-state index contributed by atoms with van der Waals surface area (Å²) in [4.78, 5) is 12.2. The lowest BCUT2D eigenvalue weighted by molar-refractivity contribution is -0.119. The molecule has 0 spiro atoms. The van der Waals surface area contributed by atoms with Gasteiger partial charge in [-0.3, -0.25) is 9.36 Å². The highest BCUT2D eigenvalue weighted by Gasteiger charge is 2.15. The third-order valence-electron chi connectivity index (χ3n) is 3.76. The maximum Gasteiger partial charge on any atom is 0.231 e. The van der Waals surface area contributed by atoms with Crippen molar-refractivity contribution in [1.82, 2.24) is 20.1 Å². The summed E-state index contributed by atoms with van der Waals surface area (Å²) in [6.07, 6.45) is 1.62. The van der Waals surface area contributed by atoms with E-state index in [1.54, 1.807) is 13.4 Å². The van der Waals surface area contributed by atoms with Crippen molar-refractivity contribution in [2.75, 3.05) is 12.9 Å². The normalized spacial score (nSPS) is 12.0. The molecule has 0 aliphatic carbocycles. The second kappa shape index (κ2) is 8.09. The number of nitrogens with zero attached hydrogens (tertiary/aromatic N) is 3. The predicted molar refractivity (Wildman–Crippen MR) is 98.6 cm³/mol. The number of amides is 1. The summed E-state index contributed by atoms with van der Waals surface area (Å²) in [6.45, 7) is 3.76. The summed E-state index contributed by atoms with van der Waals surface area (Å²) in [6, 6.07) is 11.1. The standard InChI is InChI=1S/C18H20N4O3S/c1-12-4-9-16(25-12)13(2)20-17(23)10-26-18-21-19-11-22(18)14-5-7-15(24-3)8-6-14/h4-9,11,13H,10H2,1-3H3,(H,20,23). The Hall–Kier alpha value is -2.74. The number of carbonyl (C=O) groups is 1. The van der Waals surface area contributed by atoms with Crippen LogP contribution >= 0.6 is 11.8 Å². The van der Waals surface area contributed by atoms with Crippen LogP contribution in [0.1, 0.15) is 24.5 Å². The Balaban J connectivity index is 1.59. The molecule has 136 valence electrons. The highest BCUT2D eigenvalue weighted by Crippen LogP contribution is 2.22. The monoisotopic (exact) mass is 372 g/mol. The van der Waals surface area contributed by atoms with Crippen LogP contribution in [0.15, 0.2) is 52.3 Å².